The van der Waals surface area contributed by atoms with Gasteiger partial charge in [0.05, 0.1) is 23.3 Å². The molecule has 0 spiro atoms. The molecule has 3 rings (SSSR count). The molecule has 1 aromatic heterocycles. The van der Waals surface area contributed by atoms with Crippen molar-refractivity contribution in [1.82, 2.24) is 9.62 Å². The van der Waals surface area contributed by atoms with Crippen molar-refractivity contribution in [3.63, 3.8) is 0 Å². The van der Waals surface area contributed by atoms with Crippen molar-refractivity contribution in [1.29, 1.82) is 0 Å². The highest BCUT2D eigenvalue weighted by atomic mass is 32.2. The van der Waals surface area contributed by atoms with Crippen molar-refractivity contribution in [2.75, 3.05) is 20.2 Å². The third-order valence-electron chi connectivity index (χ3n) is 5.77. The lowest BCUT2D eigenvalue weighted by Gasteiger charge is -2.33. The second-order valence-electron chi connectivity index (χ2n) is 10.6. The lowest BCUT2D eigenvalue weighted by molar-refractivity contribution is 0.0278. The first-order chi connectivity index (χ1) is 17.4. The molecule has 37 heavy (non-hydrogen) atoms. The molecular formula is C28H38N2O6S. The Balaban J connectivity index is 1.92. The van der Waals surface area contributed by atoms with Crippen molar-refractivity contribution in [2.45, 2.75) is 63.7 Å². The molecule has 0 aliphatic carbocycles. The lowest BCUT2D eigenvalue weighted by atomic mass is 10.0. The van der Waals surface area contributed by atoms with Gasteiger partial charge in [-0.3, -0.25) is 0 Å². The van der Waals surface area contributed by atoms with Crippen LogP contribution >= 0.6 is 0 Å². The maximum atomic E-state index is 13.8. The van der Waals surface area contributed by atoms with E-state index < -0.39 is 33.9 Å². The number of alkyl carbamates (subject to hydrolysis) is 1. The molecule has 9 heteroatoms. The van der Waals surface area contributed by atoms with Crippen LogP contribution < -0.4 is 5.32 Å². The van der Waals surface area contributed by atoms with Crippen LogP contribution in [0, 0.1) is 5.92 Å². The third kappa shape index (κ3) is 8.05. The smallest absolute Gasteiger partial charge is 0.407 e. The van der Waals surface area contributed by atoms with Crippen LogP contribution in [0.2, 0.25) is 0 Å². The van der Waals surface area contributed by atoms with Crippen LogP contribution in [0.15, 0.2) is 70.2 Å². The van der Waals surface area contributed by atoms with Gasteiger partial charge in [-0.1, -0.05) is 44.2 Å². The predicted octanol–water partition coefficient (Wildman–Crippen LogP) is 5.23. The predicted molar refractivity (Wildman–Crippen MR) is 144 cm³/mol. The highest BCUT2D eigenvalue weighted by molar-refractivity contribution is 7.89. The molecule has 0 saturated carbocycles. The fourth-order valence-electron chi connectivity index (χ4n) is 4.10. The SMILES string of the molecule is CO[C@@H](CN(CC(C)C)S(=O)(=O)c1ccc2occc2c1)[C@H](Cc1ccccc1)NC(=O)OC(C)(C)C. The number of ether oxygens (including phenoxy) is 2. The number of rotatable bonds is 11. The van der Waals surface area contributed by atoms with Crippen LogP contribution in [0.3, 0.4) is 0 Å². The minimum Gasteiger partial charge on any atom is -0.464 e. The molecule has 0 aliphatic rings. The van der Waals surface area contributed by atoms with Gasteiger partial charge in [0, 0.05) is 25.6 Å². The van der Waals surface area contributed by atoms with Crippen molar-refractivity contribution < 1.29 is 27.1 Å². The summed E-state index contributed by atoms with van der Waals surface area (Å²) in [7, 11) is -2.34. The standard InChI is InChI=1S/C28H38N2O6S/c1-20(2)18-30(37(32,33)23-12-13-25-22(17-23)14-15-35-25)19-26(34-6)24(16-21-10-8-7-9-11-21)29-27(31)36-28(3,4)5/h7-15,17,20,24,26H,16,18-19H2,1-6H3,(H,29,31)/t24-,26-/m0/s1. The van der Waals surface area contributed by atoms with Crippen molar-refractivity contribution in [2.24, 2.45) is 5.92 Å². The van der Waals surface area contributed by atoms with Crippen molar-refractivity contribution in [3.05, 3.63) is 66.4 Å². The van der Waals surface area contributed by atoms with Gasteiger partial charge in [0.15, 0.2) is 0 Å². The Hall–Kier alpha value is -2.88. The second-order valence-corrected chi connectivity index (χ2v) is 12.5. The average Bonchev–Trinajstić information content (AvgIpc) is 3.28. The molecule has 0 aliphatic heterocycles. The first-order valence-corrected chi connectivity index (χ1v) is 13.9. The number of nitrogens with one attached hydrogen (secondary N) is 1. The summed E-state index contributed by atoms with van der Waals surface area (Å²) in [6, 6.07) is 15.7. The summed E-state index contributed by atoms with van der Waals surface area (Å²) in [5.41, 5.74) is 0.922. The first kappa shape index (κ1) is 28.7. The van der Waals surface area contributed by atoms with E-state index >= 15 is 0 Å². The van der Waals surface area contributed by atoms with Gasteiger partial charge in [-0.15, -0.1) is 0 Å². The summed E-state index contributed by atoms with van der Waals surface area (Å²) >= 11 is 0. The number of sulfonamides is 1. The van der Waals surface area contributed by atoms with E-state index in [2.05, 4.69) is 5.32 Å². The van der Waals surface area contributed by atoms with E-state index in [-0.39, 0.29) is 23.9 Å². The Morgan fingerprint density at radius 3 is 2.38 bits per heavy atom. The Labute approximate surface area is 220 Å². The van der Waals surface area contributed by atoms with Gasteiger partial charge in [0.2, 0.25) is 10.0 Å². The van der Waals surface area contributed by atoms with Gasteiger partial charge in [-0.05, 0) is 62.9 Å². The molecule has 3 aromatic rings. The summed E-state index contributed by atoms with van der Waals surface area (Å²) in [5, 5.41) is 3.63. The molecule has 8 nitrogen and oxygen atoms in total. The van der Waals surface area contributed by atoms with Gasteiger partial charge in [0.1, 0.15) is 11.2 Å². The molecule has 0 bridgehead atoms. The minimum atomic E-state index is -3.87. The molecule has 0 fully saturated rings. The second kappa shape index (κ2) is 12.1. The number of hydrogen-bond acceptors (Lipinski definition) is 6. The zero-order valence-electron chi connectivity index (χ0n) is 22.4. The molecule has 0 unspecified atom stereocenters. The highest BCUT2D eigenvalue weighted by Gasteiger charge is 2.33. The van der Waals surface area contributed by atoms with Crippen molar-refractivity contribution in [3.8, 4) is 0 Å². The van der Waals surface area contributed by atoms with E-state index in [1.165, 1.54) is 17.7 Å². The van der Waals surface area contributed by atoms with Gasteiger partial charge >= 0.3 is 6.09 Å². The van der Waals surface area contributed by atoms with E-state index in [1.807, 2.05) is 44.2 Å². The Morgan fingerprint density at radius 1 is 1.05 bits per heavy atom. The molecule has 1 N–H and O–H groups in total. The molecule has 2 aromatic carbocycles. The molecule has 0 radical (unpaired) electrons. The van der Waals surface area contributed by atoms with Gasteiger partial charge in [-0.2, -0.15) is 4.31 Å². The number of carbonyl (C=O) groups excluding carboxylic acids is 1. The van der Waals surface area contributed by atoms with Crippen LogP contribution in [0.1, 0.15) is 40.2 Å². The summed E-state index contributed by atoms with van der Waals surface area (Å²) in [4.78, 5) is 12.9. The largest absolute Gasteiger partial charge is 0.464 e. The normalized spacial score (nSPS) is 14.2. The van der Waals surface area contributed by atoms with E-state index in [1.54, 1.807) is 45.0 Å². The maximum Gasteiger partial charge on any atom is 0.407 e. The minimum absolute atomic E-state index is 0.0493. The number of methoxy groups -OCH3 is 1. The average molecular weight is 531 g/mol. The Bertz CT molecular complexity index is 1260. The third-order valence-corrected chi connectivity index (χ3v) is 7.59. The van der Waals surface area contributed by atoms with Crippen LogP contribution in [-0.4, -0.2) is 56.8 Å². The zero-order chi connectivity index (χ0) is 27.2. The Morgan fingerprint density at radius 2 is 1.76 bits per heavy atom. The zero-order valence-corrected chi connectivity index (χ0v) is 23.2. The molecule has 0 saturated heterocycles. The van der Waals surface area contributed by atoms with Gasteiger partial charge in [-0.25, -0.2) is 13.2 Å². The summed E-state index contributed by atoms with van der Waals surface area (Å²) in [5.74, 6) is 0.0660. The number of fused-ring (bicyclic) bond motifs is 1. The van der Waals surface area contributed by atoms with Gasteiger partial charge in [0.25, 0.3) is 0 Å². The van der Waals surface area contributed by atoms with Crippen LogP contribution in [0.25, 0.3) is 11.0 Å². The van der Waals surface area contributed by atoms with E-state index in [4.69, 9.17) is 13.9 Å². The van der Waals surface area contributed by atoms with Crippen LogP contribution in [-0.2, 0) is 25.9 Å². The lowest BCUT2D eigenvalue weighted by Crippen LogP contribution is -2.52. The highest BCUT2D eigenvalue weighted by Crippen LogP contribution is 2.24. The summed E-state index contributed by atoms with van der Waals surface area (Å²) < 4.78 is 45.7. The van der Waals surface area contributed by atoms with Gasteiger partial charge < -0.3 is 19.2 Å². The molecule has 1 heterocycles. The number of carbonyl (C=O) groups is 1. The van der Waals surface area contributed by atoms with Crippen molar-refractivity contribution >= 4 is 27.1 Å². The molecule has 202 valence electrons. The van der Waals surface area contributed by atoms with E-state index in [0.29, 0.717) is 17.4 Å². The molecular weight excluding hydrogens is 492 g/mol. The molecule has 2 atom stereocenters. The fourth-order valence-corrected chi connectivity index (χ4v) is 5.75. The monoisotopic (exact) mass is 530 g/mol. The maximum absolute atomic E-state index is 13.8. The number of amides is 1. The Kier molecular flexibility index (Phi) is 9.39. The van der Waals surface area contributed by atoms with Crippen LogP contribution in [0.5, 0.6) is 0 Å². The van der Waals surface area contributed by atoms with Crippen LogP contribution in [0.4, 0.5) is 4.79 Å². The van der Waals surface area contributed by atoms with E-state index in [9.17, 15) is 13.2 Å². The summed E-state index contributed by atoms with van der Waals surface area (Å²) in [6.07, 6.45) is 0.748. The fraction of sp³-hybridized carbons (Fsp3) is 0.464. The number of hydrogen-bond donors (Lipinski definition) is 1. The number of nitrogens with zero attached hydrogens (tertiary/aromatic N) is 1. The first-order valence-electron chi connectivity index (χ1n) is 12.4. The van der Waals surface area contributed by atoms with E-state index in [0.717, 1.165) is 5.56 Å². The quantitative estimate of drug-likeness (QED) is 0.365. The summed E-state index contributed by atoms with van der Waals surface area (Å²) in [6.45, 7) is 9.64. The number of benzene rings is 2. The topological polar surface area (TPSA) is 98.1 Å². The molecule has 1 amide bonds. The number of furan rings is 1.